The van der Waals surface area contributed by atoms with E-state index in [4.69, 9.17) is 44.1 Å². The van der Waals surface area contributed by atoms with Gasteiger partial charge in [0.25, 0.3) is 0 Å². The van der Waals surface area contributed by atoms with Gasteiger partial charge >= 0.3 is 23.9 Å². The molecule has 1 heterocycles. The first kappa shape index (κ1) is 60.7. The van der Waals surface area contributed by atoms with E-state index in [2.05, 4.69) is 65.7 Å². The van der Waals surface area contributed by atoms with Crippen molar-refractivity contribution in [1.29, 1.82) is 0 Å². The maximum atomic E-state index is 12.8. The number of carbonyl (C=O) groups excluding carboxylic acids is 4. The van der Waals surface area contributed by atoms with Gasteiger partial charge in [-0.25, -0.2) is 0 Å². The molecule has 4 atom stereocenters. The molecular weight excluding hydrogens is 866 g/mol. The number of methoxy groups -OCH3 is 1. The fourth-order valence-corrected chi connectivity index (χ4v) is 9.87. The zero-order valence-corrected chi connectivity index (χ0v) is 44.4. The molecule has 0 saturated heterocycles. The minimum atomic E-state index is -0.894. The van der Waals surface area contributed by atoms with Crippen molar-refractivity contribution in [2.24, 2.45) is 17.3 Å². The van der Waals surface area contributed by atoms with E-state index in [1.807, 2.05) is 46.4 Å². The highest BCUT2D eigenvalue weighted by molar-refractivity contribution is 8.00. The molecule has 65 heavy (non-hydrogen) atoms. The number of ether oxygens (including phenoxy) is 6. The Morgan fingerprint density at radius 2 is 1.20 bits per heavy atom. The summed E-state index contributed by atoms with van der Waals surface area (Å²) < 4.78 is 34.8. The van der Waals surface area contributed by atoms with Crippen molar-refractivity contribution in [3.63, 3.8) is 0 Å². The fraction of sp³-hybridized carbons (Fsp3) is 0.872. The molecular formula is C47H84B2N4O10S2. The predicted molar refractivity (Wildman–Crippen MR) is 263 cm³/mol. The van der Waals surface area contributed by atoms with Crippen molar-refractivity contribution in [2.75, 3.05) is 64.7 Å². The van der Waals surface area contributed by atoms with E-state index in [9.17, 15) is 19.2 Å². The largest absolute Gasteiger partial charge is 0.462 e. The third kappa shape index (κ3) is 29.3. The molecule has 0 saturated carbocycles. The molecule has 0 fully saturated rings. The van der Waals surface area contributed by atoms with Crippen LogP contribution in [0.15, 0.2) is 6.20 Å². The predicted octanol–water partition coefficient (Wildman–Crippen LogP) is 8.02. The summed E-state index contributed by atoms with van der Waals surface area (Å²) in [6.07, 6.45) is 5.67. The Labute approximate surface area is 403 Å². The van der Waals surface area contributed by atoms with Crippen LogP contribution in [0.1, 0.15) is 148 Å². The number of rotatable bonds is 34. The quantitative estimate of drug-likeness (QED) is 0.0283. The molecule has 1 aromatic rings. The smallest absolute Gasteiger partial charge is 0.309 e. The van der Waals surface area contributed by atoms with Crippen LogP contribution < -0.4 is 0 Å². The summed E-state index contributed by atoms with van der Waals surface area (Å²) in [5.41, 5.74) is -0.367. The minimum absolute atomic E-state index is 0.0135. The van der Waals surface area contributed by atoms with Crippen LogP contribution in [-0.4, -0.2) is 145 Å². The first-order chi connectivity index (χ1) is 29.9. The molecule has 18 heteroatoms. The van der Waals surface area contributed by atoms with Gasteiger partial charge in [0.1, 0.15) is 34.3 Å². The zero-order valence-electron chi connectivity index (χ0n) is 42.8. The lowest BCUT2D eigenvalue weighted by molar-refractivity contribution is -0.154. The first-order valence-corrected chi connectivity index (χ1v) is 25.2. The summed E-state index contributed by atoms with van der Waals surface area (Å²) in [5, 5.41) is 8.28. The molecule has 0 aliphatic heterocycles. The van der Waals surface area contributed by atoms with Crippen LogP contribution in [0.25, 0.3) is 0 Å². The lowest BCUT2D eigenvalue weighted by atomic mass is 9.67. The van der Waals surface area contributed by atoms with Gasteiger partial charge in [-0.05, 0) is 51.4 Å². The van der Waals surface area contributed by atoms with Crippen LogP contribution >= 0.6 is 23.5 Å². The van der Waals surface area contributed by atoms with E-state index in [0.29, 0.717) is 43.2 Å². The molecule has 4 unspecified atom stereocenters. The monoisotopic (exact) mass is 951 g/mol. The van der Waals surface area contributed by atoms with Crippen LogP contribution in [0.5, 0.6) is 0 Å². The molecule has 1 aromatic heterocycles. The Balaban J connectivity index is 2.75. The average molecular weight is 951 g/mol. The van der Waals surface area contributed by atoms with Crippen LogP contribution in [0.2, 0.25) is 5.31 Å². The van der Waals surface area contributed by atoms with E-state index in [1.165, 1.54) is 0 Å². The van der Waals surface area contributed by atoms with E-state index in [0.717, 1.165) is 19.3 Å². The highest BCUT2D eigenvalue weighted by Crippen LogP contribution is 2.40. The molecule has 370 valence electrons. The number of hydrogen-bond acceptors (Lipinski definition) is 15. The first-order valence-electron chi connectivity index (χ1n) is 23.2. The summed E-state index contributed by atoms with van der Waals surface area (Å²) in [4.78, 5) is 52.8. The van der Waals surface area contributed by atoms with Crippen molar-refractivity contribution in [3.05, 3.63) is 11.9 Å². The number of carbonyl (C=O) groups is 4. The van der Waals surface area contributed by atoms with Gasteiger partial charge in [0.05, 0.1) is 43.8 Å². The fourth-order valence-electron chi connectivity index (χ4n) is 7.19. The summed E-state index contributed by atoms with van der Waals surface area (Å²) in [6, 6.07) is 0. The molecule has 0 amide bonds. The Hall–Kier alpha value is -2.27. The SMILES string of the molecule is [B]C(C)(C)CC(C)(C)SCC(C)C(=O)OCCOC(=O)CCN(CCC(=O)OCCOC(=O)C(C)CSC(C)(C)CC(C)(C)C)Cc1cn(CCC([B])(C)OCCC(C)(CC)OC)nn1. The van der Waals surface area contributed by atoms with Gasteiger partial charge in [0, 0.05) is 72.6 Å². The second kappa shape index (κ2) is 28.3. The van der Waals surface area contributed by atoms with Gasteiger partial charge in [0.2, 0.25) is 0 Å². The lowest BCUT2D eigenvalue weighted by Gasteiger charge is -2.32. The maximum absolute atomic E-state index is 12.8. The summed E-state index contributed by atoms with van der Waals surface area (Å²) in [7, 11) is 14.4. The lowest BCUT2D eigenvalue weighted by Crippen LogP contribution is -2.34. The zero-order chi connectivity index (χ0) is 49.7. The average Bonchev–Trinajstić information content (AvgIpc) is 3.64. The molecule has 1 rings (SSSR count). The number of thioether (sulfide) groups is 2. The third-order valence-electron chi connectivity index (χ3n) is 10.6. The third-order valence-corrected chi connectivity index (χ3v) is 13.8. The number of hydrogen-bond donors (Lipinski definition) is 0. The maximum Gasteiger partial charge on any atom is 0.309 e. The second-order valence-corrected chi connectivity index (χ2v) is 24.5. The minimum Gasteiger partial charge on any atom is -0.462 e. The van der Waals surface area contributed by atoms with Crippen LogP contribution in [0.4, 0.5) is 0 Å². The normalized spacial score (nSPS) is 15.4. The Bertz CT molecular complexity index is 1500. The summed E-state index contributed by atoms with van der Waals surface area (Å²) >= 11 is 3.43. The van der Waals surface area contributed by atoms with E-state index in [-0.39, 0.29) is 109 Å². The summed E-state index contributed by atoms with van der Waals surface area (Å²) in [6.45, 7) is 30.3. The molecule has 0 bridgehead atoms. The van der Waals surface area contributed by atoms with Crippen molar-refractivity contribution < 1.29 is 47.6 Å². The molecule has 0 aliphatic carbocycles. The van der Waals surface area contributed by atoms with Gasteiger partial charge in [-0.3, -0.25) is 28.8 Å². The highest BCUT2D eigenvalue weighted by atomic mass is 32.2. The Kier molecular flexibility index (Phi) is 26.4. The van der Waals surface area contributed by atoms with Gasteiger partial charge in [-0.2, -0.15) is 23.5 Å². The second-order valence-electron chi connectivity index (χ2n) is 21.0. The topological polar surface area (TPSA) is 158 Å². The number of aryl methyl sites for hydroxylation is 1. The number of nitrogens with zero attached hydrogens (tertiary/aromatic N) is 4. The van der Waals surface area contributed by atoms with Crippen LogP contribution in [0, 0.1) is 17.3 Å². The van der Waals surface area contributed by atoms with E-state index in [1.54, 1.807) is 41.5 Å². The van der Waals surface area contributed by atoms with Crippen molar-refractivity contribution in [3.8, 4) is 0 Å². The number of aromatic nitrogens is 3. The molecule has 14 nitrogen and oxygen atoms in total. The van der Waals surface area contributed by atoms with E-state index >= 15 is 0 Å². The van der Waals surface area contributed by atoms with Gasteiger partial charge < -0.3 is 28.4 Å². The van der Waals surface area contributed by atoms with Crippen molar-refractivity contribution in [1.82, 2.24) is 19.9 Å². The standard InChI is InChI=1S/C47H84B2N4O10S2/c1-16-46(13,58-15)20-24-63-47(14,49)19-23-53-30-37(50-51-53)29-52(21-17-38(54)59-25-27-61-40(56)35(2)31-64-44(9,10)33-42(4,5)6)22-18-39(55)60-26-28-62-41(57)36(3)32-65-45(11,12)34-43(7,8)48/h30,35-36H,16-29,31-34H2,1-15H3. The van der Waals surface area contributed by atoms with Crippen LogP contribution in [-0.2, 0) is 60.7 Å². The van der Waals surface area contributed by atoms with Crippen LogP contribution in [0.3, 0.4) is 0 Å². The molecule has 0 spiro atoms. The van der Waals surface area contributed by atoms with Crippen molar-refractivity contribution in [2.45, 2.75) is 181 Å². The molecule has 0 aromatic carbocycles. The molecule has 4 radical (unpaired) electrons. The summed E-state index contributed by atoms with van der Waals surface area (Å²) in [5.74, 6) is -1.06. The Morgan fingerprint density at radius 1 is 0.723 bits per heavy atom. The molecule has 0 N–H and O–H groups in total. The molecule has 0 aliphatic rings. The van der Waals surface area contributed by atoms with Gasteiger partial charge in [-0.1, -0.05) is 93.6 Å². The van der Waals surface area contributed by atoms with Crippen molar-refractivity contribution >= 4 is 63.1 Å². The van der Waals surface area contributed by atoms with Gasteiger partial charge in [0.15, 0.2) is 0 Å². The Morgan fingerprint density at radius 3 is 1.65 bits per heavy atom. The number of esters is 4. The van der Waals surface area contributed by atoms with E-state index < -0.39 is 17.4 Å². The highest BCUT2D eigenvalue weighted by Gasteiger charge is 2.30. The van der Waals surface area contributed by atoms with Gasteiger partial charge in [-0.15, -0.1) is 5.10 Å².